The zero-order valence-electron chi connectivity index (χ0n) is 12.6. The summed E-state index contributed by atoms with van der Waals surface area (Å²) in [6, 6.07) is 11.1. The summed E-state index contributed by atoms with van der Waals surface area (Å²) in [6.07, 6.45) is 1.48. The van der Waals surface area contributed by atoms with Gasteiger partial charge in [-0.2, -0.15) is 0 Å². The van der Waals surface area contributed by atoms with Crippen molar-refractivity contribution in [2.75, 3.05) is 0 Å². The number of carbonyl (C=O) groups excluding carboxylic acids is 2. The summed E-state index contributed by atoms with van der Waals surface area (Å²) in [5.41, 5.74) is 6.52. The maximum Gasteiger partial charge on any atom is 0.286 e. The van der Waals surface area contributed by atoms with Crippen LogP contribution in [0, 0.1) is 6.92 Å². The van der Waals surface area contributed by atoms with Crippen molar-refractivity contribution < 1.29 is 9.59 Å². The van der Waals surface area contributed by atoms with Crippen LogP contribution >= 0.6 is 22.9 Å². The van der Waals surface area contributed by atoms with Crippen LogP contribution in [0.5, 0.6) is 0 Å². The van der Waals surface area contributed by atoms with E-state index < -0.39 is 11.8 Å². The van der Waals surface area contributed by atoms with Crippen LogP contribution in [0.2, 0.25) is 5.02 Å². The number of aromatic nitrogens is 2. The van der Waals surface area contributed by atoms with Crippen LogP contribution in [0.15, 0.2) is 42.6 Å². The highest BCUT2D eigenvalue weighted by Crippen LogP contribution is 2.27. The molecule has 0 bridgehead atoms. The fourth-order valence-corrected chi connectivity index (χ4v) is 3.18. The van der Waals surface area contributed by atoms with E-state index in [1.807, 2.05) is 30.3 Å². The van der Waals surface area contributed by atoms with E-state index in [0.29, 0.717) is 15.6 Å². The lowest BCUT2D eigenvalue weighted by Crippen LogP contribution is -2.41. The third-order valence-corrected chi connectivity index (χ3v) is 4.63. The van der Waals surface area contributed by atoms with Gasteiger partial charge in [0.05, 0.1) is 10.7 Å². The highest BCUT2D eigenvalue weighted by Gasteiger charge is 2.17. The number of hydrogen-bond donors (Lipinski definition) is 3. The molecule has 0 atom stereocenters. The predicted molar refractivity (Wildman–Crippen MR) is 93.0 cm³/mol. The summed E-state index contributed by atoms with van der Waals surface area (Å²) in [5, 5.41) is 1.16. The van der Waals surface area contributed by atoms with Crippen LogP contribution in [0.4, 0.5) is 0 Å². The van der Waals surface area contributed by atoms with Crippen LogP contribution in [0.1, 0.15) is 25.9 Å². The number of rotatable bonds is 3. The molecule has 6 nitrogen and oxygen atoms in total. The van der Waals surface area contributed by atoms with Gasteiger partial charge >= 0.3 is 0 Å². The first kappa shape index (κ1) is 16.2. The average molecular weight is 361 g/mol. The SMILES string of the molecule is Cc1nc(-c2ccccc2)sc1C(=O)NNC(=O)c1cc(Cl)c[nH]1. The van der Waals surface area contributed by atoms with E-state index in [-0.39, 0.29) is 5.69 Å². The van der Waals surface area contributed by atoms with E-state index in [9.17, 15) is 9.59 Å². The lowest BCUT2D eigenvalue weighted by Gasteiger charge is -2.05. The number of aromatic amines is 1. The molecule has 0 radical (unpaired) electrons. The van der Waals surface area contributed by atoms with E-state index in [0.717, 1.165) is 10.6 Å². The van der Waals surface area contributed by atoms with Gasteiger partial charge in [0.2, 0.25) is 0 Å². The summed E-state index contributed by atoms with van der Waals surface area (Å²) in [7, 11) is 0. The summed E-state index contributed by atoms with van der Waals surface area (Å²) in [5.74, 6) is -0.904. The second-order valence-corrected chi connectivity index (χ2v) is 6.37. The largest absolute Gasteiger partial charge is 0.356 e. The molecule has 0 fully saturated rings. The topological polar surface area (TPSA) is 86.9 Å². The van der Waals surface area contributed by atoms with Gasteiger partial charge < -0.3 is 4.98 Å². The Morgan fingerprint density at radius 3 is 2.54 bits per heavy atom. The van der Waals surface area contributed by atoms with Crippen molar-refractivity contribution in [1.82, 2.24) is 20.8 Å². The molecule has 0 spiro atoms. The maximum absolute atomic E-state index is 12.3. The van der Waals surface area contributed by atoms with E-state index in [4.69, 9.17) is 11.6 Å². The van der Waals surface area contributed by atoms with Gasteiger partial charge in [0.1, 0.15) is 15.6 Å². The molecular formula is C16H13ClN4O2S. The van der Waals surface area contributed by atoms with Gasteiger partial charge in [-0.05, 0) is 13.0 Å². The molecule has 0 aliphatic carbocycles. The Bertz CT molecular complexity index is 889. The molecular weight excluding hydrogens is 348 g/mol. The number of thiazole rings is 1. The van der Waals surface area contributed by atoms with Gasteiger partial charge in [-0.25, -0.2) is 4.98 Å². The second kappa shape index (κ2) is 6.86. The number of nitrogens with zero attached hydrogens (tertiary/aromatic N) is 1. The molecule has 2 heterocycles. The molecule has 8 heteroatoms. The molecule has 0 saturated heterocycles. The molecule has 1 aromatic carbocycles. The Morgan fingerprint density at radius 2 is 1.88 bits per heavy atom. The lowest BCUT2D eigenvalue weighted by atomic mass is 10.2. The van der Waals surface area contributed by atoms with Gasteiger partial charge in [-0.15, -0.1) is 11.3 Å². The molecule has 2 amide bonds. The highest BCUT2D eigenvalue weighted by atomic mass is 35.5. The Kier molecular flexibility index (Phi) is 4.64. The third kappa shape index (κ3) is 3.47. The van der Waals surface area contributed by atoms with E-state index in [1.54, 1.807) is 6.92 Å². The van der Waals surface area contributed by atoms with Gasteiger partial charge in [-0.1, -0.05) is 41.9 Å². The zero-order valence-corrected chi connectivity index (χ0v) is 14.2. The Balaban J connectivity index is 1.69. The minimum Gasteiger partial charge on any atom is -0.356 e. The molecule has 3 aromatic rings. The fourth-order valence-electron chi connectivity index (χ4n) is 2.05. The summed E-state index contributed by atoms with van der Waals surface area (Å²) in [4.78, 5) is 31.7. The van der Waals surface area contributed by atoms with Crippen LogP contribution < -0.4 is 10.9 Å². The summed E-state index contributed by atoms with van der Waals surface area (Å²) >= 11 is 7.01. The predicted octanol–water partition coefficient (Wildman–Crippen LogP) is 3.17. The highest BCUT2D eigenvalue weighted by molar-refractivity contribution is 7.17. The molecule has 3 rings (SSSR count). The molecule has 3 N–H and O–H groups in total. The molecule has 0 aliphatic rings. The quantitative estimate of drug-likeness (QED) is 0.627. The van der Waals surface area contributed by atoms with Gasteiger partial charge in [0.25, 0.3) is 11.8 Å². The molecule has 0 saturated carbocycles. The Hall–Kier alpha value is -2.64. The number of hydrogen-bond acceptors (Lipinski definition) is 4. The molecule has 0 unspecified atom stereocenters. The first-order chi connectivity index (χ1) is 11.5. The minimum absolute atomic E-state index is 0.256. The first-order valence-corrected chi connectivity index (χ1v) is 8.21. The van der Waals surface area contributed by atoms with E-state index in [2.05, 4.69) is 20.8 Å². The van der Waals surface area contributed by atoms with Crippen molar-refractivity contribution in [2.45, 2.75) is 6.92 Å². The van der Waals surface area contributed by atoms with Crippen LogP contribution in [-0.4, -0.2) is 21.8 Å². The Labute approximate surface area is 146 Å². The monoisotopic (exact) mass is 360 g/mol. The third-order valence-electron chi connectivity index (χ3n) is 3.21. The maximum atomic E-state index is 12.3. The standard InChI is InChI=1S/C16H13ClN4O2S/c1-9-13(24-16(19-9)10-5-3-2-4-6-10)15(23)21-20-14(22)12-7-11(17)8-18-12/h2-8,18H,1H3,(H,20,22)(H,21,23). The molecule has 2 aromatic heterocycles. The van der Waals surface area contributed by atoms with Crippen molar-refractivity contribution in [2.24, 2.45) is 0 Å². The first-order valence-electron chi connectivity index (χ1n) is 7.02. The number of aryl methyl sites for hydroxylation is 1. The normalized spacial score (nSPS) is 10.4. The van der Waals surface area contributed by atoms with Crippen molar-refractivity contribution in [3.8, 4) is 10.6 Å². The fraction of sp³-hybridized carbons (Fsp3) is 0.0625. The van der Waals surface area contributed by atoms with Gasteiger partial charge in [0.15, 0.2) is 0 Å². The van der Waals surface area contributed by atoms with E-state index >= 15 is 0 Å². The van der Waals surface area contributed by atoms with Gasteiger partial charge in [-0.3, -0.25) is 20.4 Å². The second-order valence-electron chi connectivity index (χ2n) is 4.94. The number of H-pyrrole nitrogens is 1. The van der Waals surface area contributed by atoms with Crippen LogP contribution in [-0.2, 0) is 0 Å². The average Bonchev–Trinajstić information content (AvgIpc) is 3.19. The summed E-state index contributed by atoms with van der Waals surface area (Å²) < 4.78 is 0. The number of benzene rings is 1. The van der Waals surface area contributed by atoms with Crippen LogP contribution in [0.3, 0.4) is 0 Å². The number of amides is 2. The van der Waals surface area contributed by atoms with Crippen molar-refractivity contribution in [3.63, 3.8) is 0 Å². The number of hydrazine groups is 1. The lowest BCUT2D eigenvalue weighted by molar-refractivity contribution is 0.0846. The van der Waals surface area contributed by atoms with Crippen LogP contribution in [0.25, 0.3) is 10.6 Å². The molecule has 24 heavy (non-hydrogen) atoms. The molecule has 0 aliphatic heterocycles. The summed E-state index contributed by atoms with van der Waals surface area (Å²) in [6.45, 7) is 1.75. The number of halogens is 1. The van der Waals surface area contributed by atoms with Crippen molar-refractivity contribution in [1.29, 1.82) is 0 Å². The van der Waals surface area contributed by atoms with Gasteiger partial charge in [0, 0.05) is 11.8 Å². The van der Waals surface area contributed by atoms with Crippen molar-refractivity contribution >= 4 is 34.8 Å². The zero-order chi connectivity index (χ0) is 17.1. The molecule has 122 valence electrons. The number of carbonyl (C=O) groups is 2. The smallest absolute Gasteiger partial charge is 0.286 e. The minimum atomic E-state index is -0.485. The number of nitrogens with one attached hydrogen (secondary N) is 3. The Morgan fingerprint density at radius 1 is 1.17 bits per heavy atom. The van der Waals surface area contributed by atoms with Crippen molar-refractivity contribution in [3.05, 3.63) is 63.9 Å². The van der Waals surface area contributed by atoms with E-state index in [1.165, 1.54) is 23.6 Å².